The predicted octanol–water partition coefficient (Wildman–Crippen LogP) is 2.46. The first kappa shape index (κ1) is 17.5. The molecule has 0 aromatic heterocycles. The molecule has 1 aromatic rings. The van der Waals surface area contributed by atoms with Crippen LogP contribution in [0.3, 0.4) is 0 Å². The lowest BCUT2D eigenvalue weighted by molar-refractivity contribution is -0.149. The summed E-state index contributed by atoms with van der Waals surface area (Å²) < 4.78 is 10.6. The van der Waals surface area contributed by atoms with Crippen LogP contribution in [0.2, 0.25) is 0 Å². The van der Waals surface area contributed by atoms with Gasteiger partial charge in [-0.05, 0) is 53.9 Å². The summed E-state index contributed by atoms with van der Waals surface area (Å²) in [5.74, 6) is 0.0791. The Bertz CT molecular complexity index is 528. The zero-order chi connectivity index (χ0) is 16.0. The largest absolute Gasteiger partial charge is 0.496 e. The van der Waals surface area contributed by atoms with Gasteiger partial charge in [0.05, 0.1) is 18.7 Å². The summed E-state index contributed by atoms with van der Waals surface area (Å²) in [5, 5.41) is 2.66. The summed E-state index contributed by atoms with van der Waals surface area (Å²) in [6.45, 7) is 3.22. The van der Waals surface area contributed by atoms with Crippen molar-refractivity contribution in [3.05, 3.63) is 28.2 Å². The van der Waals surface area contributed by atoms with Crippen molar-refractivity contribution in [3.63, 3.8) is 0 Å². The van der Waals surface area contributed by atoms with Crippen molar-refractivity contribution in [2.24, 2.45) is 0 Å². The zero-order valence-corrected chi connectivity index (χ0v) is 14.2. The van der Waals surface area contributed by atoms with Crippen molar-refractivity contribution in [3.8, 4) is 5.75 Å². The zero-order valence-electron chi connectivity index (χ0n) is 12.7. The quantitative estimate of drug-likeness (QED) is 0.794. The molecule has 1 amide bonds. The van der Waals surface area contributed by atoms with Gasteiger partial charge in [-0.15, -0.1) is 0 Å². The molecule has 1 rings (SSSR count). The maximum absolute atomic E-state index is 11.9. The summed E-state index contributed by atoms with van der Waals surface area (Å²) in [5.41, 5.74) is -0.0134. The highest BCUT2D eigenvalue weighted by Gasteiger charge is 2.30. The second kappa shape index (κ2) is 7.45. The van der Waals surface area contributed by atoms with E-state index in [4.69, 9.17) is 4.74 Å². The molecule has 0 aliphatic carbocycles. The first-order chi connectivity index (χ1) is 9.80. The van der Waals surface area contributed by atoms with Crippen molar-refractivity contribution in [1.82, 2.24) is 5.32 Å². The lowest BCUT2D eigenvalue weighted by Crippen LogP contribution is -2.50. The lowest BCUT2D eigenvalue weighted by atomic mass is 10.0. The Morgan fingerprint density at radius 1 is 1.29 bits per heavy atom. The van der Waals surface area contributed by atoms with E-state index in [1.165, 1.54) is 7.11 Å². The van der Waals surface area contributed by atoms with Crippen molar-refractivity contribution >= 4 is 27.8 Å². The van der Waals surface area contributed by atoms with Crippen LogP contribution in [0.25, 0.3) is 0 Å². The molecule has 0 spiro atoms. The highest BCUT2D eigenvalue weighted by Crippen LogP contribution is 2.25. The Morgan fingerprint density at radius 3 is 2.48 bits per heavy atom. The Balaban J connectivity index is 2.57. The van der Waals surface area contributed by atoms with Gasteiger partial charge in [-0.1, -0.05) is 6.07 Å². The molecule has 5 nitrogen and oxygen atoms in total. The number of methoxy groups -OCH3 is 2. The molecule has 0 aliphatic heterocycles. The molecule has 0 saturated heterocycles. The summed E-state index contributed by atoms with van der Waals surface area (Å²) in [4.78, 5) is 23.4. The van der Waals surface area contributed by atoms with Crippen LogP contribution >= 0.6 is 15.9 Å². The van der Waals surface area contributed by atoms with E-state index in [2.05, 4.69) is 26.0 Å². The van der Waals surface area contributed by atoms with Gasteiger partial charge < -0.3 is 14.8 Å². The Hall–Kier alpha value is -1.56. The number of ether oxygens (including phenoxy) is 2. The second-order valence-electron chi connectivity index (χ2n) is 5.13. The molecule has 0 bridgehead atoms. The Morgan fingerprint density at radius 2 is 1.95 bits per heavy atom. The van der Waals surface area contributed by atoms with E-state index >= 15 is 0 Å². The smallest absolute Gasteiger partial charge is 0.330 e. The highest BCUT2D eigenvalue weighted by atomic mass is 79.9. The maximum atomic E-state index is 11.9. The van der Waals surface area contributed by atoms with Crippen LogP contribution in [0, 0.1) is 0 Å². The minimum Gasteiger partial charge on any atom is -0.496 e. The average Bonchev–Trinajstić information content (AvgIpc) is 2.43. The van der Waals surface area contributed by atoms with Gasteiger partial charge in [-0.3, -0.25) is 4.79 Å². The van der Waals surface area contributed by atoms with Crippen molar-refractivity contribution in [2.75, 3.05) is 14.2 Å². The minimum absolute atomic E-state index is 0.197. The van der Waals surface area contributed by atoms with Crippen LogP contribution in [-0.4, -0.2) is 31.6 Å². The molecule has 6 heteroatoms. The number of nitrogens with one attached hydrogen (secondary N) is 1. The third kappa shape index (κ3) is 5.04. The molecular weight excluding hydrogens is 338 g/mol. The van der Waals surface area contributed by atoms with Gasteiger partial charge in [0.25, 0.3) is 0 Å². The molecule has 0 atom stereocenters. The topological polar surface area (TPSA) is 64.6 Å². The van der Waals surface area contributed by atoms with E-state index in [1.54, 1.807) is 21.0 Å². The molecule has 0 heterocycles. The normalized spacial score (nSPS) is 10.9. The molecule has 0 unspecified atom stereocenters. The van der Waals surface area contributed by atoms with E-state index in [9.17, 15) is 9.59 Å². The van der Waals surface area contributed by atoms with Gasteiger partial charge in [0.1, 0.15) is 11.3 Å². The molecular formula is C15H20BrNO4. The van der Waals surface area contributed by atoms with Crippen molar-refractivity contribution in [2.45, 2.75) is 32.2 Å². The maximum Gasteiger partial charge on any atom is 0.330 e. The lowest BCUT2D eigenvalue weighted by Gasteiger charge is -2.23. The van der Waals surface area contributed by atoms with Gasteiger partial charge in [-0.25, -0.2) is 4.79 Å². The summed E-state index contributed by atoms with van der Waals surface area (Å²) in [6, 6.07) is 5.66. The number of benzene rings is 1. The van der Waals surface area contributed by atoms with Gasteiger partial charge in [0.15, 0.2) is 0 Å². The molecule has 21 heavy (non-hydrogen) atoms. The van der Waals surface area contributed by atoms with Gasteiger partial charge >= 0.3 is 5.97 Å². The Kier molecular flexibility index (Phi) is 6.20. The highest BCUT2D eigenvalue weighted by molar-refractivity contribution is 9.10. The summed E-state index contributed by atoms with van der Waals surface area (Å²) >= 11 is 3.40. The summed E-state index contributed by atoms with van der Waals surface area (Å²) in [7, 11) is 2.90. The van der Waals surface area contributed by atoms with Gasteiger partial charge in [0.2, 0.25) is 5.91 Å². The van der Waals surface area contributed by atoms with E-state index in [-0.39, 0.29) is 5.91 Å². The standard InChI is InChI=1S/C15H20BrNO4/c1-15(2,14(19)21-4)17-13(18)8-6-10-5-7-12(20-3)11(16)9-10/h5,7,9H,6,8H2,1-4H3,(H,17,18). The number of amides is 1. The van der Waals surface area contributed by atoms with Crippen molar-refractivity contribution in [1.29, 1.82) is 0 Å². The predicted molar refractivity (Wildman–Crippen MR) is 83.3 cm³/mol. The first-order valence-corrected chi connectivity index (χ1v) is 7.31. The Labute approximate surface area is 133 Å². The fraction of sp³-hybridized carbons (Fsp3) is 0.467. The third-order valence-corrected chi connectivity index (χ3v) is 3.62. The fourth-order valence-electron chi connectivity index (χ4n) is 1.84. The molecule has 116 valence electrons. The monoisotopic (exact) mass is 357 g/mol. The van der Waals surface area contributed by atoms with Crippen LogP contribution in [0.15, 0.2) is 22.7 Å². The number of carbonyl (C=O) groups excluding carboxylic acids is 2. The molecule has 1 N–H and O–H groups in total. The fourth-order valence-corrected chi connectivity index (χ4v) is 2.43. The van der Waals surface area contributed by atoms with Crippen LogP contribution < -0.4 is 10.1 Å². The summed E-state index contributed by atoms with van der Waals surface area (Å²) in [6.07, 6.45) is 0.866. The number of halogens is 1. The number of hydrogen-bond acceptors (Lipinski definition) is 4. The molecule has 0 radical (unpaired) electrons. The number of rotatable bonds is 6. The van der Waals surface area contributed by atoms with Crippen LogP contribution in [0.4, 0.5) is 0 Å². The molecule has 0 fully saturated rings. The SMILES string of the molecule is COC(=O)C(C)(C)NC(=O)CCc1ccc(OC)c(Br)c1. The second-order valence-corrected chi connectivity index (χ2v) is 5.99. The van der Waals surface area contributed by atoms with E-state index in [0.717, 1.165) is 15.8 Å². The third-order valence-electron chi connectivity index (χ3n) is 3.00. The van der Waals surface area contributed by atoms with Crippen LogP contribution in [0.1, 0.15) is 25.8 Å². The number of esters is 1. The molecule has 1 aromatic carbocycles. The van der Waals surface area contributed by atoms with Crippen LogP contribution in [-0.2, 0) is 20.7 Å². The molecule has 0 saturated carbocycles. The van der Waals surface area contributed by atoms with E-state index < -0.39 is 11.5 Å². The van der Waals surface area contributed by atoms with E-state index in [1.807, 2.05) is 18.2 Å². The van der Waals surface area contributed by atoms with E-state index in [0.29, 0.717) is 12.8 Å². The first-order valence-electron chi connectivity index (χ1n) is 6.52. The van der Waals surface area contributed by atoms with Gasteiger partial charge in [-0.2, -0.15) is 0 Å². The molecule has 0 aliphatic rings. The average molecular weight is 358 g/mol. The number of aryl methyl sites for hydroxylation is 1. The van der Waals surface area contributed by atoms with Crippen LogP contribution in [0.5, 0.6) is 5.75 Å². The van der Waals surface area contributed by atoms with Crippen molar-refractivity contribution < 1.29 is 19.1 Å². The number of carbonyl (C=O) groups is 2. The minimum atomic E-state index is -1.02. The number of hydrogen-bond donors (Lipinski definition) is 1. The van der Waals surface area contributed by atoms with Gasteiger partial charge in [0, 0.05) is 6.42 Å².